The van der Waals surface area contributed by atoms with E-state index in [0.717, 1.165) is 114 Å². The molecule has 0 radical (unpaired) electrons. The summed E-state index contributed by atoms with van der Waals surface area (Å²) >= 11 is 0. The average molecular weight is 1120 g/mol. The van der Waals surface area contributed by atoms with Crippen LogP contribution in [0.1, 0.15) is 142 Å². The molecule has 16 heteroatoms. The third kappa shape index (κ3) is 11.8. The molecular weight excluding hydrogens is 1040 g/mol. The van der Waals surface area contributed by atoms with E-state index in [4.69, 9.17) is 33.9 Å². The second-order valence-corrected chi connectivity index (χ2v) is 23.8. The highest BCUT2D eigenvalue weighted by atomic mass is 16.5. The van der Waals surface area contributed by atoms with Crippen LogP contribution in [0.4, 0.5) is 0 Å². The number of hydrogen-bond acceptors (Lipinski definition) is 14. The molecule has 3 fully saturated rings. The van der Waals surface area contributed by atoms with Crippen LogP contribution in [0.25, 0.3) is 0 Å². The first-order valence-electron chi connectivity index (χ1n) is 30.0. The van der Waals surface area contributed by atoms with E-state index < -0.39 is 11.9 Å². The largest absolute Gasteiger partial charge is 0.510 e. The van der Waals surface area contributed by atoms with Gasteiger partial charge in [-0.25, -0.2) is 15.0 Å². The van der Waals surface area contributed by atoms with Gasteiger partial charge in [-0.05, 0) is 173 Å². The summed E-state index contributed by atoms with van der Waals surface area (Å²) in [5, 5.41) is 31.4. The molecule has 1 aromatic rings. The number of aliphatic hydroxyl groups excluding tert-OH is 1. The Bertz CT molecular complexity index is 3140. The van der Waals surface area contributed by atoms with Crippen molar-refractivity contribution in [3.05, 3.63) is 134 Å². The van der Waals surface area contributed by atoms with E-state index in [0.29, 0.717) is 105 Å². The van der Waals surface area contributed by atoms with E-state index >= 15 is 0 Å². The Labute approximate surface area is 482 Å². The lowest BCUT2D eigenvalue weighted by atomic mass is 9.55. The van der Waals surface area contributed by atoms with Crippen molar-refractivity contribution in [2.75, 3.05) is 46.6 Å². The van der Waals surface area contributed by atoms with Crippen molar-refractivity contribution >= 4 is 40.9 Å². The SMILES string of the molecule is C=CC1=C(C)C2=NC1=CC1=NC(=CC3=CC4=C(O)[C@@H](C(=O)OC)C(=C5NC(=C2)[C@@H](C)[C@@H]5CCC(=O)NCCCOCCCCOCCCNC(=O)CCC(=O)O[C@H]2CC[C@H]5[C@@H]6CCc7cc(O)ccc7[C@H]6CC[C@]25C)C4=N3)C(CC)=C1C. The van der Waals surface area contributed by atoms with Gasteiger partial charge in [0, 0.05) is 97.7 Å². The lowest BCUT2D eigenvalue weighted by Gasteiger charge is -2.50. The second kappa shape index (κ2) is 25.3. The summed E-state index contributed by atoms with van der Waals surface area (Å²) < 4.78 is 23.0. The Morgan fingerprint density at radius 1 is 0.841 bits per heavy atom. The normalized spacial score (nSPS) is 26.7. The van der Waals surface area contributed by atoms with E-state index in [1.54, 1.807) is 6.08 Å². The number of ether oxygens (including phenoxy) is 4. The van der Waals surface area contributed by atoms with Crippen LogP contribution in [-0.4, -0.2) is 104 Å². The molecule has 8 atom stereocenters. The third-order valence-electron chi connectivity index (χ3n) is 19.0. The van der Waals surface area contributed by atoms with Gasteiger partial charge in [0.2, 0.25) is 11.8 Å². The summed E-state index contributed by atoms with van der Waals surface area (Å²) in [6, 6.07) is 5.86. The van der Waals surface area contributed by atoms with Crippen LogP contribution in [0.3, 0.4) is 0 Å². The second-order valence-electron chi connectivity index (χ2n) is 23.8. The maximum atomic E-state index is 13.6. The highest BCUT2D eigenvalue weighted by Crippen LogP contribution is 2.62. The molecule has 5 aliphatic heterocycles. The fourth-order valence-electron chi connectivity index (χ4n) is 14.5. The van der Waals surface area contributed by atoms with Crippen LogP contribution in [0.15, 0.2) is 138 Å². The summed E-state index contributed by atoms with van der Waals surface area (Å²) in [4.78, 5) is 67.8. The van der Waals surface area contributed by atoms with Crippen LogP contribution in [0.2, 0.25) is 0 Å². The Hall–Kier alpha value is -6.91. The number of phenolic OH excluding ortho intramolecular Hbond substituents is 1. The molecule has 5 N–H and O–H groups in total. The first kappa shape index (κ1) is 58.3. The fourth-order valence-corrected chi connectivity index (χ4v) is 14.5. The van der Waals surface area contributed by atoms with E-state index in [2.05, 4.69) is 56.3 Å². The van der Waals surface area contributed by atoms with Gasteiger partial charge in [0.05, 0.1) is 47.8 Å². The molecule has 10 rings (SSSR count). The number of aliphatic hydroxyl groups is 1. The molecule has 9 aliphatic rings. The minimum absolute atomic E-state index is 0.0434. The van der Waals surface area contributed by atoms with Crippen LogP contribution < -0.4 is 16.0 Å². The van der Waals surface area contributed by atoms with Gasteiger partial charge in [-0.3, -0.25) is 19.2 Å². The molecule has 16 nitrogen and oxygen atoms in total. The van der Waals surface area contributed by atoms with Gasteiger partial charge in [0.25, 0.3) is 0 Å². The van der Waals surface area contributed by atoms with Gasteiger partial charge < -0.3 is 45.1 Å². The molecule has 1 aromatic carbocycles. The summed E-state index contributed by atoms with van der Waals surface area (Å²) in [6.07, 6.45) is 20.2. The van der Waals surface area contributed by atoms with Gasteiger partial charge in [-0.15, -0.1) is 0 Å². The Morgan fingerprint density at radius 3 is 2.27 bits per heavy atom. The number of methoxy groups -OCH3 is 1. The molecule has 5 heterocycles. The van der Waals surface area contributed by atoms with E-state index in [9.17, 15) is 29.4 Å². The van der Waals surface area contributed by atoms with Crippen LogP contribution in [-0.2, 0) is 44.5 Å². The van der Waals surface area contributed by atoms with E-state index in [1.807, 2.05) is 43.4 Å². The van der Waals surface area contributed by atoms with Crippen LogP contribution in [0.5, 0.6) is 5.75 Å². The van der Waals surface area contributed by atoms with Crippen molar-refractivity contribution in [2.24, 2.45) is 50.0 Å². The zero-order valence-corrected chi connectivity index (χ0v) is 48.7. The minimum atomic E-state index is -1.09. The number of unbranched alkanes of at least 4 members (excludes halogenated alkanes) is 1. The predicted octanol–water partition coefficient (Wildman–Crippen LogP) is 10.4. The smallest absolute Gasteiger partial charge is 0.321 e. The molecule has 0 unspecified atom stereocenters. The molecule has 0 spiro atoms. The van der Waals surface area contributed by atoms with Gasteiger partial charge >= 0.3 is 11.9 Å². The van der Waals surface area contributed by atoms with Crippen molar-refractivity contribution in [1.82, 2.24) is 16.0 Å². The number of phenols is 1. The average Bonchev–Trinajstić information content (AvgIpc) is 4.40. The number of aliphatic imine (C=N–C) groups is 3. The number of aryl methyl sites for hydroxylation is 1. The summed E-state index contributed by atoms with van der Waals surface area (Å²) in [7, 11) is 1.31. The number of carbonyl (C=O) groups is 4. The summed E-state index contributed by atoms with van der Waals surface area (Å²) in [5.41, 5.74) is 13.5. The van der Waals surface area contributed by atoms with Crippen LogP contribution in [0, 0.1) is 35.0 Å². The van der Waals surface area contributed by atoms with Crippen molar-refractivity contribution in [3.63, 3.8) is 0 Å². The Morgan fingerprint density at radius 2 is 1.55 bits per heavy atom. The molecular formula is C66H82N6O10. The first-order chi connectivity index (χ1) is 39.6. The fraction of sp³-hybridized carbons (Fsp3) is 0.530. The number of esters is 2. The topological polar surface area (TPSA) is 219 Å². The molecule has 0 aromatic heterocycles. The number of aromatic hydroxyl groups is 1. The number of allylic oxidation sites excluding steroid dienone is 11. The molecule has 4 aliphatic carbocycles. The first-order valence-corrected chi connectivity index (χ1v) is 30.0. The number of benzene rings is 1. The third-order valence-corrected chi connectivity index (χ3v) is 19.0. The lowest BCUT2D eigenvalue weighted by Crippen LogP contribution is -2.45. The number of nitrogens with zero attached hydrogens (tertiary/aromatic N) is 3. The van der Waals surface area contributed by atoms with Crippen LogP contribution >= 0.6 is 0 Å². The molecule has 82 heavy (non-hydrogen) atoms. The number of amides is 2. The summed E-state index contributed by atoms with van der Waals surface area (Å²) in [6.45, 7) is 17.9. The molecule has 436 valence electrons. The zero-order valence-electron chi connectivity index (χ0n) is 48.7. The van der Waals surface area contributed by atoms with Gasteiger partial charge in [0.15, 0.2) is 0 Å². The quantitative estimate of drug-likeness (QED) is 0.0513. The molecule has 2 amide bonds. The van der Waals surface area contributed by atoms with E-state index in [-0.39, 0.29) is 66.2 Å². The van der Waals surface area contributed by atoms with Crippen molar-refractivity contribution in [2.45, 2.75) is 143 Å². The number of nitrogens with one attached hydrogen (secondary N) is 3. The Kier molecular flexibility index (Phi) is 18.0. The summed E-state index contributed by atoms with van der Waals surface area (Å²) in [5.74, 6) is -0.807. The molecule has 8 bridgehead atoms. The maximum absolute atomic E-state index is 13.6. The van der Waals surface area contributed by atoms with Gasteiger partial charge in [-0.2, -0.15) is 0 Å². The minimum Gasteiger partial charge on any atom is -0.510 e. The lowest BCUT2D eigenvalue weighted by molar-refractivity contribution is -0.158. The number of hydrogen-bond donors (Lipinski definition) is 5. The standard InChI is InChI=1S/C66H82N6O10/c1-8-43-37(3)52-36-55-44(9-2)38(4)51(71-55)35-53-39(5)45(62(72-53)60-61(65(78)79-7)64(77)49-33-41(69-63(49)60)34-54(43)70-52)18-21-57(74)67-26-12-30-80-28-10-11-29-81-31-13-27-68-58(75)22-23-59(76)82-56-20-19-50-48-16-14-40-32-42(73)15-17-46(40)47(48)24-25-66(50,56)6/h9,15,17,32-36,39,45,47-48,50,56,61,72-73,77H,2,8,10-14,16,18-31H2,1,3-7H3,(H,67,74)(H,68,75)/t39-,45-,47+,48+,50-,56-,61-,66-/m0/s1. The highest BCUT2D eigenvalue weighted by Gasteiger charge is 2.56. The van der Waals surface area contributed by atoms with Crippen molar-refractivity contribution in [3.8, 4) is 5.75 Å². The molecule has 2 saturated carbocycles. The number of fused-ring (bicyclic) bond motifs is 10. The van der Waals surface area contributed by atoms with Gasteiger partial charge in [-0.1, -0.05) is 39.5 Å². The number of carbonyl (C=O) groups excluding carboxylic acids is 4. The van der Waals surface area contributed by atoms with Gasteiger partial charge in [0.1, 0.15) is 23.5 Å². The zero-order chi connectivity index (χ0) is 57.8. The maximum Gasteiger partial charge on any atom is 0.321 e. The molecule has 1 saturated heterocycles. The van der Waals surface area contributed by atoms with Crippen molar-refractivity contribution < 1.29 is 48.3 Å². The monoisotopic (exact) mass is 1120 g/mol. The predicted molar refractivity (Wildman–Crippen MR) is 316 cm³/mol. The van der Waals surface area contributed by atoms with Crippen molar-refractivity contribution in [1.29, 1.82) is 0 Å². The Balaban J connectivity index is 0.624. The highest BCUT2D eigenvalue weighted by molar-refractivity contribution is 6.23. The number of rotatable bonds is 23. The van der Waals surface area contributed by atoms with E-state index in [1.165, 1.54) is 18.2 Å².